The Labute approximate surface area is 169 Å². The van der Waals surface area contributed by atoms with Crippen LogP contribution in [0.4, 0.5) is 5.69 Å². The van der Waals surface area contributed by atoms with Crippen LogP contribution < -0.4 is 5.32 Å². The van der Waals surface area contributed by atoms with Gasteiger partial charge in [0, 0.05) is 16.8 Å². The fourth-order valence-corrected chi connectivity index (χ4v) is 4.18. The fourth-order valence-electron chi connectivity index (χ4n) is 4.18. The fraction of sp³-hybridized carbons (Fsp3) is 0.292. The van der Waals surface area contributed by atoms with Crippen molar-refractivity contribution in [3.8, 4) is 0 Å². The molecule has 29 heavy (non-hydrogen) atoms. The quantitative estimate of drug-likeness (QED) is 0.454. The first-order valence-electron chi connectivity index (χ1n) is 9.87. The summed E-state index contributed by atoms with van der Waals surface area (Å²) in [6, 6.07) is 15.7. The Morgan fingerprint density at radius 3 is 2.45 bits per heavy atom. The lowest BCUT2D eigenvalue weighted by Gasteiger charge is -2.22. The van der Waals surface area contributed by atoms with Crippen molar-refractivity contribution in [3.63, 3.8) is 0 Å². The molecule has 0 aliphatic heterocycles. The summed E-state index contributed by atoms with van der Waals surface area (Å²) in [4.78, 5) is 37.5. The van der Waals surface area contributed by atoms with E-state index in [1.807, 2.05) is 6.07 Å². The Bertz CT molecular complexity index is 966. The molecule has 4 atom stereocenters. The van der Waals surface area contributed by atoms with Crippen molar-refractivity contribution >= 4 is 23.3 Å². The Hall–Kier alpha value is -3.21. The molecule has 2 aromatic rings. The normalized spacial score (nSPS) is 22.9. The Morgan fingerprint density at radius 1 is 1.00 bits per heavy atom. The third-order valence-electron chi connectivity index (χ3n) is 5.69. The summed E-state index contributed by atoms with van der Waals surface area (Å²) in [5.41, 5.74) is 1.60. The number of ether oxygens (including phenoxy) is 1. The Kier molecular flexibility index (Phi) is 5.30. The number of amides is 1. The zero-order valence-electron chi connectivity index (χ0n) is 16.2. The average Bonchev–Trinajstić information content (AvgIpc) is 3.36. The van der Waals surface area contributed by atoms with Gasteiger partial charge in [-0.25, -0.2) is 0 Å². The second kappa shape index (κ2) is 8.03. The molecule has 1 fully saturated rings. The smallest absolute Gasteiger partial charge is 0.310 e. The van der Waals surface area contributed by atoms with Crippen LogP contribution in [-0.2, 0) is 14.3 Å². The summed E-state index contributed by atoms with van der Waals surface area (Å²) in [5, 5.41) is 2.78. The van der Waals surface area contributed by atoms with Crippen LogP contribution in [0.3, 0.4) is 0 Å². The first-order valence-corrected chi connectivity index (χ1v) is 9.87. The van der Waals surface area contributed by atoms with Crippen molar-refractivity contribution in [2.75, 3.05) is 5.32 Å². The average molecular weight is 389 g/mol. The molecule has 0 radical (unpaired) electrons. The van der Waals surface area contributed by atoms with Gasteiger partial charge in [0.2, 0.25) is 6.10 Å². The predicted molar refractivity (Wildman–Crippen MR) is 109 cm³/mol. The van der Waals surface area contributed by atoms with E-state index in [4.69, 9.17) is 4.74 Å². The second-order valence-electron chi connectivity index (χ2n) is 7.74. The number of fused-ring (bicyclic) bond motifs is 2. The standard InChI is InChI=1S/C24H23NO4/c1-15(26)18-8-5-9-20(14-18)25-23(27)22(17-6-3-2-4-7-17)29-24(28)21-13-16-10-11-19(21)12-16/h2-11,14,16,19,21-22H,12-13H2,1H3,(H,25,27)/t16-,19+,21+,22-/m0/s1. The van der Waals surface area contributed by atoms with Crippen molar-refractivity contribution in [2.45, 2.75) is 25.9 Å². The van der Waals surface area contributed by atoms with Crippen LogP contribution in [0, 0.1) is 17.8 Å². The highest BCUT2D eigenvalue weighted by molar-refractivity contribution is 5.99. The largest absolute Gasteiger partial charge is 0.447 e. The van der Waals surface area contributed by atoms with Crippen molar-refractivity contribution in [1.82, 2.24) is 0 Å². The molecule has 5 nitrogen and oxygen atoms in total. The number of nitrogens with one attached hydrogen (secondary N) is 1. The molecule has 4 rings (SSSR count). The number of benzene rings is 2. The minimum absolute atomic E-state index is 0.0866. The number of carbonyl (C=O) groups is 3. The minimum atomic E-state index is -1.05. The molecule has 2 aliphatic rings. The number of allylic oxidation sites excluding steroid dienone is 2. The lowest BCUT2D eigenvalue weighted by Crippen LogP contribution is -2.30. The molecule has 2 aliphatic carbocycles. The molecule has 1 saturated carbocycles. The van der Waals surface area contributed by atoms with Crippen LogP contribution in [0.2, 0.25) is 0 Å². The first kappa shape index (κ1) is 19.1. The molecule has 0 spiro atoms. The number of anilines is 1. The minimum Gasteiger partial charge on any atom is -0.447 e. The highest BCUT2D eigenvalue weighted by atomic mass is 16.5. The molecule has 2 aromatic carbocycles. The molecule has 1 N–H and O–H groups in total. The van der Waals surface area contributed by atoms with Crippen LogP contribution in [-0.4, -0.2) is 17.7 Å². The molecule has 0 heterocycles. The van der Waals surface area contributed by atoms with E-state index in [9.17, 15) is 14.4 Å². The van der Waals surface area contributed by atoms with Gasteiger partial charge in [0.05, 0.1) is 5.92 Å². The highest BCUT2D eigenvalue weighted by Gasteiger charge is 2.42. The molecular formula is C24H23NO4. The predicted octanol–water partition coefficient (Wildman–Crippen LogP) is 4.32. The van der Waals surface area contributed by atoms with E-state index in [2.05, 4.69) is 17.5 Å². The molecule has 1 amide bonds. The number of carbonyl (C=O) groups excluding carboxylic acids is 3. The number of ketones is 1. The lowest BCUT2D eigenvalue weighted by molar-refractivity contribution is -0.159. The maximum Gasteiger partial charge on any atom is 0.310 e. The van der Waals surface area contributed by atoms with E-state index in [-0.39, 0.29) is 23.6 Å². The van der Waals surface area contributed by atoms with E-state index < -0.39 is 12.0 Å². The van der Waals surface area contributed by atoms with Crippen molar-refractivity contribution in [3.05, 3.63) is 77.9 Å². The topological polar surface area (TPSA) is 72.5 Å². The van der Waals surface area contributed by atoms with Gasteiger partial charge in [-0.1, -0.05) is 54.6 Å². The Balaban J connectivity index is 1.53. The van der Waals surface area contributed by atoms with Gasteiger partial charge in [-0.05, 0) is 43.7 Å². The van der Waals surface area contributed by atoms with Crippen LogP contribution in [0.1, 0.15) is 41.8 Å². The van der Waals surface area contributed by atoms with Crippen LogP contribution in [0.25, 0.3) is 0 Å². The molecule has 0 saturated heterocycles. The summed E-state index contributed by atoms with van der Waals surface area (Å²) in [6.45, 7) is 1.47. The highest BCUT2D eigenvalue weighted by Crippen LogP contribution is 2.44. The van der Waals surface area contributed by atoms with Gasteiger partial charge >= 0.3 is 5.97 Å². The number of hydrogen-bond acceptors (Lipinski definition) is 4. The van der Waals surface area contributed by atoms with Gasteiger partial charge in [-0.15, -0.1) is 0 Å². The third kappa shape index (κ3) is 4.14. The molecule has 5 heteroatoms. The molecule has 0 unspecified atom stereocenters. The molecular weight excluding hydrogens is 366 g/mol. The van der Waals surface area contributed by atoms with Gasteiger partial charge in [0.15, 0.2) is 5.78 Å². The SMILES string of the molecule is CC(=O)c1cccc(NC(=O)[C@@H](OC(=O)[C@@H]2C[C@H]3C=C[C@@H]2C3)c2ccccc2)c1. The first-order chi connectivity index (χ1) is 14.0. The van der Waals surface area contributed by atoms with Crippen molar-refractivity contribution in [2.24, 2.45) is 17.8 Å². The van der Waals surface area contributed by atoms with Crippen LogP contribution in [0.15, 0.2) is 66.7 Å². The monoisotopic (exact) mass is 389 g/mol. The van der Waals surface area contributed by atoms with Crippen molar-refractivity contribution < 1.29 is 19.1 Å². The number of Topliss-reactive ketones (excluding diaryl/α,β-unsaturated/α-hetero) is 1. The number of rotatable bonds is 6. The lowest BCUT2D eigenvalue weighted by atomic mass is 9.93. The zero-order valence-corrected chi connectivity index (χ0v) is 16.2. The van der Waals surface area contributed by atoms with E-state index >= 15 is 0 Å². The summed E-state index contributed by atoms with van der Waals surface area (Å²) in [7, 11) is 0. The van der Waals surface area contributed by atoms with E-state index in [0.717, 1.165) is 12.8 Å². The number of esters is 1. The molecule has 148 valence electrons. The van der Waals surface area contributed by atoms with Gasteiger partial charge in [-0.3, -0.25) is 14.4 Å². The summed E-state index contributed by atoms with van der Waals surface area (Å²) in [6.07, 6.45) is 4.97. The maximum absolute atomic E-state index is 13.0. The molecule has 2 bridgehead atoms. The van der Waals surface area contributed by atoms with Gasteiger partial charge in [0.1, 0.15) is 0 Å². The third-order valence-corrected chi connectivity index (χ3v) is 5.69. The van der Waals surface area contributed by atoms with Crippen molar-refractivity contribution in [1.29, 1.82) is 0 Å². The van der Waals surface area contributed by atoms with E-state index in [0.29, 0.717) is 22.7 Å². The zero-order chi connectivity index (χ0) is 20.4. The van der Waals surface area contributed by atoms with E-state index in [1.165, 1.54) is 6.92 Å². The number of hydrogen-bond donors (Lipinski definition) is 1. The van der Waals surface area contributed by atoms with E-state index in [1.54, 1.807) is 48.5 Å². The summed E-state index contributed by atoms with van der Waals surface area (Å²) in [5.74, 6) is -0.399. The van der Waals surface area contributed by atoms with Gasteiger partial charge < -0.3 is 10.1 Å². The maximum atomic E-state index is 13.0. The van der Waals surface area contributed by atoms with Crippen LogP contribution >= 0.6 is 0 Å². The summed E-state index contributed by atoms with van der Waals surface area (Å²) >= 11 is 0. The second-order valence-corrected chi connectivity index (χ2v) is 7.74. The van der Waals surface area contributed by atoms with Gasteiger partial charge in [0.25, 0.3) is 5.91 Å². The Morgan fingerprint density at radius 2 is 1.79 bits per heavy atom. The van der Waals surface area contributed by atoms with Crippen LogP contribution in [0.5, 0.6) is 0 Å². The summed E-state index contributed by atoms with van der Waals surface area (Å²) < 4.78 is 5.73. The van der Waals surface area contributed by atoms with Gasteiger partial charge in [-0.2, -0.15) is 0 Å². The molecule has 0 aromatic heterocycles.